The molecule has 3 aliphatic rings. The number of urea groups is 1. The highest BCUT2D eigenvalue weighted by Gasteiger charge is 2.77. The van der Waals surface area contributed by atoms with Gasteiger partial charge in [-0.15, -0.1) is 0 Å². The summed E-state index contributed by atoms with van der Waals surface area (Å²) in [6.45, 7) is 0.910. The largest absolute Gasteiger partial charge is 0.440 e. The second-order valence-corrected chi connectivity index (χ2v) is 10.8. The number of likely N-dealkylation sites (tertiary alicyclic amines) is 1. The molecular formula is C20H23F3N4O4S. The molecule has 1 N–H and O–H groups in total. The van der Waals surface area contributed by atoms with Crippen LogP contribution in [0.5, 0.6) is 0 Å². The third-order valence-corrected chi connectivity index (χ3v) is 9.08. The average Bonchev–Trinajstić information content (AvgIpc) is 3.29. The maximum atomic E-state index is 13.8. The van der Waals surface area contributed by atoms with Crippen molar-refractivity contribution in [1.82, 2.24) is 19.5 Å². The molecule has 0 radical (unpaired) electrons. The third kappa shape index (κ3) is 3.43. The van der Waals surface area contributed by atoms with Crippen LogP contribution in [0.25, 0.3) is 11.1 Å². The Morgan fingerprint density at radius 1 is 1.16 bits per heavy atom. The first-order valence-corrected chi connectivity index (χ1v) is 12.1. The number of carbonyl (C=O) groups excluding carboxylic acids is 1. The molecule has 1 aromatic heterocycles. The predicted molar refractivity (Wildman–Crippen MR) is 108 cm³/mol. The van der Waals surface area contributed by atoms with Crippen molar-refractivity contribution in [3.8, 4) is 0 Å². The van der Waals surface area contributed by atoms with Crippen molar-refractivity contribution in [2.24, 2.45) is 0 Å². The highest BCUT2D eigenvalue weighted by Crippen LogP contribution is 2.54. The molecule has 0 spiro atoms. The van der Waals surface area contributed by atoms with Gasteiger partial charge < -0.3 is 14.6 Å². The Bertz CT molecular complexity index is 1110. The molecule has 2 aromatic rings. The summed E-state index contributed by atoms with van der Waals surface area (Å²) in [5.74, 6) is 0.410. The minimum atomic E-state index is -4.86. The molecule has 2 unspecified atom stereocenters. The van der Waals surface area contributed by atoms with Gasteiger partial charge in [-0.3, -0.25) is 0 Å². The highest BCUT2D eigenvalue weighted by molar-refractivity contribution is 7.90. The summed E-state index contributed by atoms with van der Waals surface area (Å²) in [5, 5.41) is 0.278. The van der Waals surface area contributed by atoms with Gasteiger partial charge in [0.25, 0.3) is 0 Å². The van der Waals surface area contributed by atoms with Gasteiger partial charge in [-0.1, -0.05) is 12.1 Å². The number of alkyl halides is 3. The Hall–Kier alpha value is -2.34. The first-order chi connectivity index (χ1) is 15.1. The van der Waals surface area contributed by atoms with Crippen molar-refractivity contribution in [2.75, 3.05) is 26.2 Å². The summed E-state index contributed by atoms with van der Waals surface area (Å²) in [4.78, 5) is 17.8. The summed E-state index contributed by atoms with van der Waals surface area (Å²) in [5.41, 5.74) is -1.37. The standard InChI is InChI=1S/C20H23F3N4O4S/c21-20(22,23)19(25-18(28)26-8-3-9-26)12-16(19)32(29,30)27-10-6-13(7-11-27)17-24-14-4-1-2-5-15(14)31-17/h1-2,4-5,13,16H,3,6-12H2,(H,25,28). The normalized spacial score (nSPS) is 27.3. The topological polar surface area (TPSA) is 95.8 Å². The molecule has 2 atom stereocenters. The molecular weight excluding hydrogens is 449 g/mol. The van der Waals surface area contributed by atoms with Crippen LogP contribution in [-0.2, 0) is 10.0 Å². The fourth-order valence-electron chi connectivity index (χ4n) is 4.48. The molecule has 174 valence electrons. The number of amides is 2. The van der Waals surface area contributed by atoms with Crippen molar-refractivity contribution in [3.05, 3.63) is 30.2 Å². The number of carbonyl (C=O) groups is 1. The van der Waals surface area contributed by atoms with Crippen LogP contribution in [-0.4, -0.2) is 71.8 Å². The van der Waals surface area contributed by atoms with E-state index in [9.17, 15) is 26.4 Å². The van der Waals surface area contributed by atoms with E-state index >= 15 is 0 Å². The van der Waals surface area contributed by atoms with Crippen LogP contribution in [0, 0.1) is 0 Å². The van der Waals surface area contributed by atoms with Gasteiger partial charge in [0.15, 0.2) is 17.0 Å². The number of benzene rings is 1. The van der Waals surface area contributed by atoms with Crippen LogP contribution in [0.3, 0.4) is 0 Å². The molecule has 1 aromatic carbocycles. The minimum Gasteiger partial charge on any atom is -0.440 e. The van der Waals surface area contributed by atoms with Crippen molar-refractivity contribution in [1.29, 1.82) is 0 Å². The van der Waals surface area contributed by atoms with Gasteiger partial charge in [-0.2, -0.15) is 13.2 Å². The molecule has 1 aliphatic carbocycles. The van der Waals surface area contributed by atoms with Crippen LogP contribution in [0.1, 0.15) is 37.5 Å². The lowest BCUT2D eigenvalue weighted by Gasteiger charge is -2.34. The predicted octanol–water partition coefficient (Wildman–Crippen LogP) is 2.83. The number of piperidine rings is 1. The number of aromatic nitrogens is 1. The second kappa shape index (κ2) is 7.34. The Morgan fingerprint density at radius 3 is 2.44 bits per heavy atom. The van der Waals surface area contributed by atoms with E-state index in [1.54, 1.807) is 6.07 Å². The van der Waals surface area contributed by atoms with Gasteiger partial charge in [0.2, 0.25) is 10.0 Å². The number of para-hydroxylation sites is 2. The monoisotopic (exact) mass is 472 g/mol. The van der Waals surface area contributed by atoms with Crippen molar-refractivity contribution in [3.63, 3.8) is 0 Å². The first kappa shape index (κ1) is 21.5. The SMILES string of the molecule is O=C(NC1(C(F)(F)F)CC1S(=O)(=O)N1CCC(c2nc3ccccc3o2)CC1)N1CCC1. The molecule has 1 saturated carbocycles. The van der Waals surface area contributed by atoms with E-state index in [4.69, 9.17) is 4.42 Å². The highest BCUT2D eigenvalue weighted by atomic mass is 32.2. The number of hydrogen-bond acceptors (Lipinski definition) is 5. The lowest BCUT2D eigenvalue weighted by molar-refractivity contribution is -0.163. The molecule has 0 bridgehead atoms. The third-order valence-electron chi connectivity index (χ3n) is 6.71. The number of fused-ring (bicyclic) bond motifs is 1. The van der Waals surface area contributed by atoms with E-state index in [2.05, 4.69) is 4.98 Å². The van der Waals surface area contributed by atoms with Crippen molar-refractivity contribution < 1.29 is 30.8 Å². The zero-order chi connectivity index (χ0) is 22.7. The van der Waals surface area contributed by atoms with Gasteiger partial charge in [0.1, 0.15) is 10.8 Å². The van der Waals surface area contributed by atoms with Gasteiger partial charge in [0.05, 0.1) is 0 Å². The maximum absolute atomic E-state index is 13.8. The zero-order valence-corrected chi connectivity index (χ0v) is 18.0. The smallest absolute Gasteiger partial charge is 0.412 e. The number of oxazole rings is 1. The number of rotatable bonds is 4. The fourth-order valence-corrected chi connectivity index (χ4v) is 6.74. The summed E-state index contributed by atoms with van der Waals surface area (Å²) in [6.07, 6.45) is -4.00. The maximum Gasteiger partial charge on any atom is 0.412 e. The lowest BCUT2D eigenvalue weighted by Crippen LogP contribution is -2.58. The van der Waals surface area contributed by atoms with E-state index in [1.807, 2.05) is 23.5 Å². The quantitative estimate of drug-likeness (QED) is 0.738. The van der Waals surface area contributed by atoms with Crippen molar-refractivity contribution >= 4 is 27.2 Å². The molecule has 3 fully saturated rings. The lowest BCUT2D eigenvalue weighted by atomic mass is 9.98. The van der Waals surface area contributed by atoms with Gasteiger partial charge in [-0.05, 0) is 31.4 Å². The van der Waals surface area contributed by atoms with Gasteiger partial charge in [0, 0.05) is 38.5 Å². The van der Waals surface area contributed by atoms with E-state index in [0.717, 1.165) is 10.7 Å². The van der Waals surface area contributed by atoms with Crippen LogP contribution < -0.4 is 5.32 Å². The summed E-state index contributed by atoms with van der Waals surface area (Å²) in [6, 6.07) is 6.42. The van der Waals surface area contributed by atoms with Gasteiger partial charge in [-0.25, -0.2) is 22.5 Å². The zero-order valence-electron chi connectivity index (χ0n) is 17.1. The number of halogens is 3. The van der Waals surface area contributed by atoms with E-state index in [-0.39, 0.29) is 19.0 Å². The fraction of sp³-hybridized carbons (Fsp3) is 0.600. The second-order valence-electron chi connectivity index (χ2n) is 8.67. The molecule has 5 rings (SSSR count). The summed E-state index contributed by atoms with van der Waals surface area (Å²) in [7, 11) is -4.24. The van der Waals surface area contributed by atoms with Crippen LogP contribution in [0.4, 0.5) is 18.0 Å². The van der Waals surface area contributed by atoms with Crippen LogP contribution in [0.2, 0.25) is 0 Å². The van der Waals surface area contributed by atoms with E-state index < -0.39 is 39.4 Å². The Labute approximate surface area is 182 Å². The van der Waals surface area contributed by atoms with Crippen molar-refractivity contribution in [2.45, 2.75) is 48.6 Å². The first-order valence-electron chi connectivity index (χ1n) is 10.6. The average molecular weight is 472 g/mol. The minimum absolute atomic E-state index is 0.0796. The molecule has 2 aliphatic heterocycles. The Kier molecular flexibility index (Phi) is 4.93. The Balaban J connectivity index is 1.28. The molecule has 12 heteroatoms. The summed E-state index contributed by atoms with van der Waals surface area (Å²) < 4.78 is 74.5. The van der Waals surface area contributed by atoms with Crippen LogP contribution >= 0.6 is 0 Å². The number of hydrogen-bond donors (Lipinski definition) is 1. The number of sulfonamides is 1. The molecule has 2 saturated heterocycles. The van der Waals surface area contributed by atoms with Gasteiger partial charge >= 0.3 is 12.2 Å². The Morgan fingerprint density at radius 2 is 1.84 bits per heavy atom. The van der Waals surface area contributed by atoms with Crippen LogP contribution in [0.15, 0.2) is 28.7 Å². The summed E-state index contributed by atoms with van der Waals surface area (Å²) >= 11 is 0. The molecule has 2 amide bonds. The number of nitrogens with one attached hydrogen (secondary N) is 1. The number of nitrogens with zero attached hydrogens (tertiary/aromatic N) is 3. The van der Waals surface area contributed by atoms with E-state index in [1.165, 1.54) is 4.90 Å². The molecule has 32 heavy (non-hydrogen) atoms. The van der Waals surface area contributed by atoms with E-state index in [0.29, 0.717) is 42.9 Å². The molecule has 8 nitrogen and oxygen atoms in total. The molecule has 3 heterocycles.